The minimum Gasteiger partial charge on any atom is -0.481 e. The molecule has 1 aliphatic heterocycles. The molecule has 1 N–H and O–H groups in total. The maximum atomic E-state index is 12.2. The largest absolute Gasteiger partial charge is 0.481 e. The molecular weight excluding hydrogens is 246 g/mol. The Morgan fingerprint density at radius 3 is 2.47 bits per heavy atom. The van der Waals surface area contributed by atoms with Crippen LogP contribution in [0, 0.1) is 11.8 Å². The summed E-state index contributed by atoms with van der Waals surface area (Å²) < 4.78 is 5.42. The van der Waals surface area contributed by atoms with Gasteiger partial charge in [-0.15, -0.1) is 0 Å². The van der Waals surface area contributed by atoms with Crippen LogP contribution < -0.4 is 0 Å². The van der Waals surface area contributed by atoms with Crippen LogP contribution in [0.3, 0.4) is 0 Å². The molecule has 2 rings (SSSR count). The first-order valence-electron chi connectivity index (χ1n) is 7.02. The van der Waals surface area contributed by atoms with E-state index >= 15 is 0 Å². The second-order valence-electron chi connectivity index (χ2n) is 6.57. The highest BCUT2D eigenvalue weighted by Gasteiger charge is 2.46. The second kappa shape index (κ2) is 5.02. The van der Waals surface area contributed by atoms with Crippen LogP contribution >= 0.6 is 0 Å². The van der Waals surface area contributed by atoms with Gasteiger partial charge in [0, 0.05) is 12.6 Å². The number of likely N-dealkylation sites (tertiary alicyclic amines) is 1. The van der Waals surface area contributed by atoms with Gasteiger partial charge in [-0.2, -0.15) is 0 Å². The zero-order valence-electron chi connectivity index (χ0n) is 11.9. The number of piperidine rings is 1. The molecule has 3 atom stereocenters. The molecule has 1 unspecified atom stereocenters. The van der Waals surface area contributed by atoms with Crippen LogP contribution in [0.2, 0.25) is 0 Å². The Hall–Kier alpha value is -1.26. The predicted octanol–water partition coefficient (Wildman–Crippen LogP) is 2.50. The average Bonchev–Trinajstić information content (AvgIpc) is 2.73. The zero-order valence-corrected chi connectivity index (χ0v) is 11.9. The number of hydrogen-bond acceptors (Lipinski definition) is 3. The van der Waals surface area contributed by atoms with E-state index in [9.17, 15) is 14.7 Å². The maximum absolute atomic E-state index is 12.2. The maximum Gasteiger partial charge on any atom is 0.410 e. The fraction of sp³-hybridized carbons (Fsp3) is 0.857. The molecular formula is C14H23NO4. The number of amides is 1. The lowest BCUT2D eigenvalue weighted by Gasteiger charge is -2.41. The third-order valence-electron chi connectivity index (χ3n) is 4.07. The molecule has 0 aromatic carbocycles. The van der Waals surface area contributed by atoms with Crippen molar-refractivity contribution in [2.45, 2.75) is 58.1 Å². The van der Waals surface area contributed by atoms with Gasteiger partial charge in [-0.3, -0.25) is 4.79 Å². The molecule has 19 heavy (non-hydrogen) atoms. The number of carboxylic acids is 1. The van der Waals surface area contributed by atoms with Crippen molar-refractivity contribution in [2.24, 2.45) is 11.8 Å². The first kappa shape index (κ1) is 14.2. The molecule has 108 valence electrons. The van der Waals surface area contributed by atoms with Crippen LogP contribution in [0.1, 0.15) is 46.5 Å². The van der Waals surface area contributed by atoms with Gasteiger partial charge < -0.3 is 14.7 Å². The Bertz CT molecular complexity index is 374. The first-order valence-corrected chi connectivity index (χ1v) is 7.02. The van der Waals surface area contributed by atoms with Gasteiger partial charge in [-0.1, -0.05) is 6.42 Å². The van der Waals surface area contributed by atoms with E-state index < -0.39 is 11.6 Å². The SMILES string of the molecule is CC(C)(C)OC(=O)N1CCC(C(=O)O)[C@@H]2CCC[C@@H]21. The minimum absolute atomic E-state index is 0.0460. The van der Waals surface area contributed by atoms with Crippen LogP contribution in [-0.4, -0.2) is 40.3 Å². The standard InChI is InChI=1S/C14H23NO4/c1-14(2,3)19-13(18)15-8-7-10(12(16)17)9-5-4-6-11(9)15/h9-11H,4-8H2,1-3H3,(H,16,17)/t9-,10?,11-/m0/s1. The lowest BCUT2D eigenvalue weighted by Crippen LogP contribution is -2.52. The molecule has 1 saturated heterocycles. The molecule has 1 amide bonds. The van der Waals surface area contributed by atoms with E-state index in [-0.39, 0.29) is 24.0 Å². The lowest BCUT2D eigenvalue weighted by atomic mass is 9.81. The van der Waals surface area contributed by atoms with Gasteiger partial charge in [0.1, 0.15) is 5.60 Å². The molecule has 5 heteroatoms. The van der Waals surface area contributed by atoms with Crippen LogP contribution in [0.4, 0.5) is 4.79 Å². The van der Waals surface area contributed by atoms with Gasteiger partial charge >= 0.3 is 12.1 Å². The van der Waals surface area contributed by atoms with E-state index in [0.29, 0.717) is 13.0 Å². The topological polar surface area (TPSA) is 66.8 Å². The van der Waals surface area contributed by atoms with E-state index in [4.69, 9.17) is 4.74 Å². The summed E-state index contributed by atoms with van der Waals surface area (Å²) in [5.41, 5.74) is -0.505. The number of aliphatic carboxylic acids is 1. The average molecular weight is 269 g/mol. The number of ether oxygens (including phenoxy) is 1. The van der Waals surface area contributed by atoms with Crippen molar-refractivity contribution < 1.29 is 19.4 Å². The molecule has 0 radical (unpaired) electrons. The zero-order chi connectivity index (χ0) is 14.2. The summed E-state index contributed by atoms with van der Waals surface area (Å²) in [4.78, 5) is 25.2. The number of hydrogen-bond donors (Lipinski definition) is 1. The van der Waals surface area contributed by atoms with Crippen molar-refractivity contribution in [3.05, 3.63) is 0 Å². The predicted molar refractivity (Wildman–Crippen MR) is 69.8 cm³/mol. The fourth-order valence-corrected chi connectivity index (χ4v) is 3.34. The molecule has 1 saturated carbocycles. The molecule has 1 heterocycles. The van der Waals surface area contributed by atoms with Gasteiger partial charge in [-0.25, -0.2) is 4.79 Å². The molecule has 2 fully saturated rings. The van der Waals surface area contributed by atoms with Crippen molar-refractivity contribution in [1.29, 1.82) is 0 Å². The molecule has 0 bridgehead atoms. The van der Waals surface area contributed by atoms with Gasteiger partial charge in [0.15, 0.2) is 0 Å². The molecule has 2 aliphatic rings. The number of fused-ring (bicyclic) bond motifs is 1. The Morgan fingerprint density at radius 1 is 1.21 bits per heavy atom. The quantitative estimate of drug-likeness (QED) is 0.794. The summed E-state index contributed by atoms with van der Waals surface area (Å²) in [6.45, 7) is 6.04. The van der Waals surface area contributed by atoms with Crippen LogP contribution in [0.5, 0.6) is 0 Å². The van der Waals surface area contributed by atoms with E-state index in [0.717, 1.165) is 19.3 Å². The number of carboxylic acid groups (broad SMARTS) is 1. The van der Waals surface area contributed by atoms with E-state index in [1.807, 2.05) is 20.8 Å². The number of carbonyl (C=O) groups excluding carboxylic acids is 1. The highest BCUT2D eigenvalue weighted by molar-refractivity contribution is 5.73. The summed E-state index contributed by atoms with van der Waals surface area (Å²) >= 11 is 0. The van der Waals surface area contributed by atoms with E-state index in [1.54, 1.807) is 4.90 Å². The number of rotatable bonds is 1. The fourth-order valence-electron chi connectivity index (χ4n) is 3.34. The molecule has 0 aromatic rings. The van der Waals surface area contributed by atoms with Gasteiger partial charge in [0.05, 0.1) is 5.92 Å². The molecule has 5 nitrogen and oxygen atoms in total. The Kier molecular flexibility index (Phi) is 3.74. The van der Waals surface area contributed by atoms with Crippen molar-refractivity contribution >= 4 is 12.1 Å². The monoisotopic (exact) mass is 269 g/mol. The Labute approximate surface area is 113 Å². The highest BCUT2D eigenvalue weighted by Crippen LogP contribution is 2.41. The second-order valence-corrected chi connectivity index (χ2v) is 6.57. The van der Waals surface area contributed by atoms with Crippen molar-refractivity contribution in [1.82, 2.24) is 4.90 Å². The van der Waals surface area contributed by atoms with Crippen molar-refractivity contribution in [3.8, 4) is 0 Å². The Balaban J connectivity index is 2.08. The summed E-state index contributed by atoms with van der Waals surface area (Å²) in [5.74, 6) is -0.925. The van der Waals surface area contributed by atoms with Crippen LogP contribution in [0.25, 0.3) is 0 Å². The molecule has 1 aliphatic carbocycles. The van der Waals surface area contributed by atoms with Crippen LogP contribution in [0.15, 0.2) is 0 Å². The number of carbonyl (C=O) groups is 2. The third-order valence-corrected chi connectivity index (χ3v) is 4.07. The molecule has 0 spiro atoms. The van der Waals surface area contributed by atoms with Gasteiger partial charge in [0.2, 0.25) is 0 Å². The third kappa shape index (κ3) is 3.01. The summed E-state index contributed by atoms with van der Waals surface area (Å²) in [5, 5.41) is 9.26. The van der Waals surface area contributed by atoms with Gasteiger partial charge in [0.25, 0.3) is 0 Å². The van der Waals surface area contributed by atoms with Crippen LogP contribution in [-0.2, 0) is 9.53 Å². The van der Waals surface area contributed by atoms with Crippen molar-refractivity contribution in [3.63, 3.8) is 0 Å². The summed E-state index contributed by atoms with van der Waals surface area (Å²) in [6.07, 6.45) is 3.04. The Morgan fingerprint density at radius 2 is 1.89 bits per heavy atom. The van der Waals surface area contributed by atoms with Gasteiger partial charge in [-0.05, 0) is 46.0 Å². The lowest BCUT2D eigenvalue weighted by molar-refractivity contribution is -0.146. The van der Waals surface area contributed by atoms with E-state index in [1.165, 1.54) is 0 Å². The summed E-state index contributed by atoms with van der Waals surface area (Å²) in [6, 6.07) is 0.0460. The number of nitrogens with zero attached hydrogens (tertiary/aromatic N) is 1. The highest BCUT2D eigenvalue weighted by atomic mass is 16.6. The first-order chi connectivity index (χ1) is 8.79. The van der Waals surface area contributed by atoms with E-state index in [2.05, 4.69) is 0 Å². The minimum atomic E-state index is -0.722. The normalized spacial score (nSPS) is 30.9. The smallest absolute Gasteiger partial charge is 0.410 e. The summed E-state index contributed by atoms with van der Waals surface area (Å²) in [7, 11) is 0. The van der Waals surface area contributed by atoms with Crippen molar-refractivity contribution in [2.75, 3.05) is 6.54 Å². The molecule has 0 aromatic heterocycles.